The first-order valence-electron chi connectivity index (χ1n) is 8.59. The van der Waals surface area contributed by atoms with Gasteiger partial charge in [-0.3, -0.25) is 9.69 Å². The van der Waals surface area contributed by atoms with Gasteiger partial charge in [0, 0.05) is 18.3 Å². The van der Waals surface area contributed by atoms with Crippen LogP contribution >= 0.6 is 0 Å². The molecule has 1 atom stereocenters. The standard InChI is InChI=1S/C20H22N2O4/c1-25-17-10-5-9-16(13-17)21-19(23)18-11-6-12-22(18)20(24)26-14-15-7-3-2-4-8-15/h2-5,7-10,13,18H,6,11-12,14H2,1H3,(H,21,23)/t18-/m1/s1. The van der Waals surface area contributed by atoms with Crippen LogP contribution in [0.3, 0.4) is 0 Å². The smallest absolute Gasteiger partial charge is 0.410 e. The summed E-state index contributed by atoms with van der Waals surface area (Å²) >= 11 is 0. The van der Waals surface area contributed by atoms with Gasteiger partial charge in [0.25, 0.3) is 0 Å². The largest absolute Gasteiger partial charge is 0.497 e. The van der Waals surface area contributed by atoms with Crippen LogP contribution in [-0.2, 0) is 16.1 Å². The molecule has 0 bridgehead atoms. The highest BCUT2D eigenvalue weighted by Gasteiger charge is 2.35. The van der Waals surface area contributed by atoms with Crippen molar-refractivity contribution in [3.63, 3.8) is 0 Å². The van der Waals surface area contributed by atoms with Crippen molar-refractivity contribution in [2.45, 2.75) is 25.5 Å². The second-order valence-corrected chi connectivity index (χ2v) is 6.11. The highest BCUT2D eigenvalue weighted by molar-refractivity contribution is 5.97. The van der Waals surface area contributed by atoms with Crippen LogP contribution in [0.2, 0.25) is 0 Å². The number of hydrogen-bond donors (Lipinski definition) is 1. The molecule has 1 saturated heterocycles. The molecule has 1 fully saturated rings. The van der Waals surface area contributed by atoms with Gasteiger partial charge in [0.05, 0.1) is 7.11 Å². The monoisotopic (exact) mass is 354 g/mol. The van der Waals surface area contributed by atoms with Crippen molar-refractivity contribution >= 4 is 17.7 Å². The zero-order chi connectivity index (χ0) is 18.4. The van der Waals surface area contributed by atoms with Gasteiger partial charge in [-0.1, -0.05) is 36.4 Å². The summed E-state index contributed by atoms with van der Waals surface area (Å²) < 4.78 is 10.5. The van der Waals surface area contributed by atoms with E-state index in [-0.39, 0.29) is 12.5 Å². The number of rotatable bonds is 5. The van der Waals surface area contributed by atoms with Crippen molar-refractivity contribution in [3.05, 3.63) is 60.2 Å². The minimum Gasteiger partial charge on any atom is -0.497 e. The SMILES string of the molecule is COc1cccc(NC(=O)[C@H]2CCCN2C(=O)OCc2ccccc2)c1. The number of hydrogen-bond acceptors (Lipinski definition) is 4. The normalized spacial score (nSPS) is 16.2. The van der Waals surface area contributed by atoms with E-state index in [1.807, 2.05) is 30.3 Å². The molecule has 2 aromatic carbocycles. The summed E-state index contributed by atoms with van der Waals surface area (Å²) in [5, 5.41) is 2.85. The fraction of sp³-hybridized carbons (Fsp3) is 0.300. The van der Waals surface area contributed by atoms with Gasteiger partial charge in [-0.2, -0.15) is 0 Å². The van der Waals surface area contributed by atoms with Crippen molar-refractivity contribution in [3.8, 4) is 5.75 Å². The lowest BCUT2D eigenvalue weighted by Gasteiger charge is -2.23. The van der Waals surface area contributed by atoms with Crippen LogP contribution in [0, 0.1) is 0 Å². The Morgan fingerprint density at radius 3 is 2.73 bits per heavy atom. The van der Waals surface area contributed by atoms with E-state index in [1.165, 1.54) is 4.90 Å². The Balaban J connectivity index is 1.59. The fourth-order valence-corrected chi connectivity index (χ4v) is 2.99. The van der Waals surface area contributed by atoms with Gasteiger partial charge < -0.3 is 14.8 Å². The quantitative estimate of drug-likeness (QED) is 0.893. The summed E-state index contributed by atoms with van der Waals surface area (Å²) in [6.07, 6.45) is 0.935. The average molecular weight is 354 g/mol. The van der Waals surface area contributed by atoms with E-state index in [0.717, 1.165) is 12.0 Å². The Bertz CT molecular complexity index is 763. The first kappa shape index (κ1) is 17.8. The van der Waals surface area contributed by atoms with Crippen molar-refractivity contribution in [1.82, 2.24) is 4.90 Å². The first-order chi connectivity index (χ1) is 12.7. The third-order valence-corrected chi connectivity index (χ3v) is 4.33. The molecule has 1 aliphatic rings. The van der Waals surface area contributed by atoms with Crippen LogP contribution in [0.5, 0.6) is 5.75 Å². The molecule has 0 saturated carbocycles. The van der Waals surface area contributed by atoms with Crippen molar-refractivity contribution in [2.75, 3.05) is 19.0 Å². The number of anilines is 1. The van der Waals surface area contributed by atoms with E-state index in [4.69, 9.17) is 9.47 Å². The number of benzene rings is 2. The molecule has 6 nitrogen and oxygen atoms in total. The van der Waals surface area contributed by atoms with Crippen LogP contribution < -0.4 is 10.1 Å². The topological polar surface area (TPSA) is 67.9 Å². The van der Waals surface area contributed by atoms with Crippen LogP contribution in [0.1, 0.15) is 18.4 Å². The van der Waals surface area contributed by atoms with Gasteiger partial charge >= 0.3 is 6.09 Å². The average Bonchev–Trinajstić information content (AvgIpc) is 3.17. The highest BCUT2D eigenvalue weighted by Crippen LogP contribution is 2.22. The van der Waals surface area contributed by atoms with Gasteiger partial charge in [0.1, 0.15) is 18.4 Å². The van der Waals surface area contributed by atoms with E-state index >= 15 is 0 Å². The number of ether oxygens (including phenoxy) is 2. The molecule has 0 radical (unpaired) electrons. The lowest BCUT2D eigenvalue weighted by atomic mass is 10.2. The molecule has 1 N–H and O–H groups in total. The van der Waals surface area contributed by atoms with Crippen molar-refractivity contribution < 1.29 is 19.1 Å². The summed E-state index contributed by atoms with van der Waals surface area (Å²) in [5.74, 6) is 0.445. The summed E-state index contributed by atoms with van der Waals surface area (Å²) in [5.41, 5.74) is 1.55. The molecular formula is C20H22N2O4. The van der Waals surface area contributed by atoms with Gasteiger partial charge in [0.15, 0.2) is 0 Å². The van der Waals surface area contributed by atoms with Crippen LogP contribution in [0.4, 0.5) is 10.5 Å². The molecule has 0 spiro atoms. The molecule has 6 heteroatoms. The van der Waals surface area contributed by atoms with E-state index in [0.29, 0.717) is 24.4 Å². The molecule has 136 valence electrons. The van der Waals surface area contributed by atoms with Crippen molar-refractivity contribution in [1.29, 1.82) is 0 Å². The predicted octanol–water partition coefficient (Wildman–Crippen LogP) is 3.43. The van der Waals surface area contributed by atoms with E-state index in [9.17, 15) is 9.59 Å². The highest BCUT2D eigenvalue weighted by atomic mass is 16.6. The maximum Gasteiger partial charge on any atom is 0.410 e. The summed E-state index contributed by atoms with van der Waals surface area (Å²) in [6, 6.07) is 16.1. The Hall–Kier alpha value is -3.02. The molecule has 0 aliphatic carbocycles. The Labute approximate surface area is 152 Å². The molecule has 3 rings (SSSR count). The molecule has 0 unspecified atom stereocenters. The second-order valence-electron chi connectivity index (χ2n) is 6.11. The fourth-order valence-electron chi connectivity index (χ4n) is 2.99. The number of carbonyl (C=O) groups is 2. The zero-order valence-corrected chi connectivity index (χ0v) is 14.7. The molecule has 1 heterocycles. The molecular weight excluding hydrogens is 332 g/mol. The van der Waals surface area contributed by atoms with Gasteiger partial charge in [-0.05, 0) is 30.5 Å². The second kappa shape index (κ2) is 8.38. The number of carbonyl (C=O) groups excluding carboxylic acids is 2. The Morgan fingerprint density at radius 1 is 1.15 bits per heavy atom. The van der Waals surface area contributed by atoms with Crippen LogP contribution in [-0.4, -0.2) is 36.6 Å². The number of nitrogens with zero attached hydrogens (tertiary/aromatic N) is 1. The summed E-state index contributed by atoms with van der Waals surface area (Å²) in [4.78, 5) is 26.5. The third kappa shape index (κ3) is 4.33. The van der Waals surface area contributed by atoms with E-state index < -0.39 is 12.1 Å². The maximum absolute atomic E-state index is 12.6. The minimum absolute atomic E-state index is 0.195. The van der Waals surface area contributed by atoms with Gasteiger partial charge in [-0.25, -0.2) is 4.79 Å². The minimum atomic E-state index is -0.524. The summed E-state index contributed by atoms with van der Waals surface area (Å²) in [6.45, 7) is 0.713. The van der Waals surface area contributed by atoms with E-state index in [1.54, 1.807) is 31.4 Å². The number of amides is 2. The van der Waals surface area contributed by atoms with Crippen LogP contribution in [0.15, 0.2) is 54.6 Å². The summed E-state index contributed by atoms with van der Waals surface area (Å²) in [7, 11) is 1.57. The molecule has 0 aromatic heterocycles. The number of methoxy groups -OCH3 is 1. The zero-order valence-electron chi connectivity index (χ0n) is 14.7. The molecule has 1 aliphatic heterocycles. The van der Waals surface area contributed by atoms with Gasteiger partial charge in [-0.15, -0.1) is 0 Å². The number of nitrogens with one attached hydrogen (secondary N) is 1. The molecule has 2 amide bonds. The van der Waals surface area contributed by atoms with Crippen molar-refractivity contribution in [2.24, 2.45) is 0 Å². The Morgan fingerprint density at radius 2 is 1.96 bits per heavy atom. The van der Waals surface area contributed by atoms with E-state index in [2.05, 4.69) is 5.32 Å². The van der Waals surface area contributed by atoms with Gasteiger partial charge in [0.2, 0.25) is 5.91 Å². The number of likely N-dealkylation sites (tertiary alicyclic amines) is 1. The third-order valence-electron chi connectivity index (χ3n) is 4.33. The first-order valence-corrected chi connectivity index (χ1v) is 8.59. The molecule has 2 aromatic rings. The molecule has 26 heavy (non-hydrogen) atoms. The predicted molar refractivity (Wildman–Crippen MR) is 98.0 cm³/mol. The lowest BCUT2D eigenvalue weighted by molar-refractivity contribution is -0.120. The lowest BCUT2D eigenvalue weighted by Crippen LogP contribution is -2.43. The maximum atomic E-state index is 12.6. The van der Waals surface area contributed by atoms with Crippen LogP contribution in [0.25, 0.3) is 0 Å². The Kier molecular flexibility index (Phi) is 5.73.